The van der Waals surface area contributed by atoms with Gasteiger partial charge in [0.05, 0.1) is 0 Å². The molecule has 0 bridgehead atoms. The van der Waals surface area contributed by atoms with Gasteiger partial charge in [0.25, 0.3) is 5.91 Å². The van der Waals surface area contributed by atoms with Crippen molar-refractivity contribution in [3.63, 3.8) is 0 Å². The monoisotopic (exact) mass is 408 g/mol. The molecule has 0 aliphatic carbocycles. The predicted octanol–water partition coefficient (Wildman–Crippen LogP) is 6.11. The number of fused-ring (bicyclic) bond motifs is 1. The molecule has 1 aromatic heterocycles. The van der Waals surface area contributed by atoms with Gasteiger partial charge in [-0.2, -0.15) is 0 Å². The second-order valence-electron chi connectivity index (χ2n) is 6.60. The summed E-state index contributed by atoms with van der Waals surface area (Å²) in [6.45, 7) is 0.550. The molecular weight excluding hydrogens is 391 g/mol. The number of aromatic amines is 1. The number of hydrogen-bond acceptors (Lipinski definition) is 1. The van der Waals surface area contributed by atoms with E-state index in [-0.39, 0.29) is 5.91 Å². The minimum Gasteiger partial charge on any atom is -0.361 e. The van der Waals surface area contributed by atoms with Crippen molar-refractivity contribution >= 4 is 40.0 Å². The number of halogens is 2. The third-order valence-electron chi connectivity index (χ3n) is 4.71. The van der Waals surface area contributed by atoms with E-state index in [0.717, 1.165) is 34.0 Å². The Labute approximate surface area is 173 Å². The highest BCUT2D eigenvalue weighted by molar-refractivity contribution is 6.31. The standard InChI is InChI=1S/C23H18Cl2N2O/c24-19-3-1-2-17(12-19)15-4-6-16(7-5-15)23(28)26-11-10-18-14-27-22-9-8-20(25)13-21(18)22/h1-9,12-14,27H,10-11H2,(H,26,28). The minimum absolute atomic E-state index is 0.0875. The second-order valence-corrected chi connectivity index (χ2v) is 7.47. The third kappa shape index (κ3) is 4.06. The van der Waals surface area contributed by atoms with Crippen molar-refractivity contribution in [3.8, 4) is 11.1 Å². The van der Waals surface area contributed by atoms with E-state index in [1.807, 2.05) is 72.9 Å². The maximum Gasteiger partial charge on any atom is 0.251 e. The van der Waals surface area contributed by atoms with E-state index in [2.05, 4.69) is 10.3 Å². The van der Waals surface area contributed by atoms with Crippen LogP contribution >= 0.6 is 23.2 Å². The number of amides is 1. The zero-order valence-corrected chi connectivity index (χ0v) is 16.5. The van der Waals surface area contributed by atoms with Gasteiger partial charge in [-0.25, -0.2) is 0 Å². The Hall–Kier alpha value is -2.75. The largest absolute Gasteiger partial charge is 0.361 e. The Bertz CT molecular complexity index is 1130. The minimum atomic E-state index is -0.0875. The molecule has 1 heterocycles. The molecule has 4 aromatic rings. The average molecular weight is 409 g/mol. The van der Waals surface area contributed by atoms with Gasteiger partial charge in [-0.3, -0.25) is 4.79 Å². The van der Waals surface area contributed by atoms with Crippen LogP contribution in [0.2, 0.25) is 10.0 Å². The molecule has 0 radical (unpaired) electrons. The van der Waals surface area contributed by atoms with Gasteiger partial charge in [-0.15, -0.1) is 0 Å². The molecule has 28 heavy (non-hydrogen) atoms. The molecule has 0 unspecified atom stereocenters. The summed E-state index contributed by atoms with van der Waals surface area (Å²) in [6.07, 6.45) is 2.69. The molecule has 0 fully saturated rings. The molecule has 1 amide bonds. The SMILES string of the molecule is O=C(NCCc1c[nH]c2ccc(Cl)cc12)c1ccc(-c2cccc(Cl)c2)cc1. The lowest BCUT2D eigenvalue weighted by Gasteiger charge is -2.07. The van der Waals surface area contributed by atoms with Crippen molar-refractivity contribution in [2.75, 3.05) is 6.54 Å². The Morgan fingerprint density at radius 1 is 0.893 bits per heavy atom. The number of carbonyl (C=O) groups excluding carboxylic acids is 1. The van der Waals surface area contributed by atoms with Crippen molar-refractivity contribution < 1.29 is 4.79 Å². The van der Waals surface area contributed by atoms with Crippen molar-refractivity contribution in [1.82, 2.24) is 10.3 Å². The molecule has 0 saturated heterocycles. The highest BCUT2D eigenvalue weighted by Crippen LogP contribution is 2.24. The molecule has 0 aliphatic rings. The first-order valence-electron chi connectivity index (χ1n) is 9.00. The van der Waals surface area contributed by atoms with Gasteiger partial charge >= 0.3 is 0 Å². The predicted molar refractivity (Wildman–Crippen MR) is 116 cm³/mol. The number of rotatable bonds is 5. The van der Waals surface area contributed by atoms with Crippen LogP contribution in [0, 0.1) is 0 Å². The summed E-state index contributed by atoms with van der Waals surface area (Å²) in [4.78, 5) is 15.7. The Kier molecular flexibility index (Phi) is 5.38. The zero-order chi connectivity index (χ0) is 19.5. The molecule has 2 N–H and O–H groups in total. The maximum absolute atomic E-state index is 12.4. The van der Waals surface area contributed by atoms with Crippen LogP contribution < -0.4 is 5.32 Å². The molecule has 5 heteroatoms. The highest BCUT2D eigenvalue weighted by atomic mass is 35.5. The van der Waals surface area contributed by atoms with Gasteiger partial charge < -0.3 is 10.3 Å². The van der Waals surface area contributed by atoms with Gasteiger partial charge in [0.15, 0.2) is 0 Å². The van der Waals surface area contributed by atoms with E-state index in [4.69, 9.17) is 23.2 Å². The second kappa shape index (κ2) is 8.09. The third-order valence-corrected chi connectivity index (χ3v) is 5.18. The fourth-order valence-electron chi connectivity index (χ4n) is 3.25. The molecule has 4 rings (SSSR count). The van der Waals surface area contributed by atoms with Crippen LogP contribution in [0.4, 0.5) is 0 Å². The summed E-state index contributed by atoms with van der Waals surface area (Å²) < 4.78 is 0. The van der Waals surface area contributed by atoms with Crippen LogP contribution in [-0.2, 0) is 6.42 Å². The molecule has 140 valence electrons. The van der Waals surface area contributed by atoms with Crippen molar-refractivity contribution in [2.45, 2.75) is 6.42 Å². The normalized spacial score (nSPS) is 10.9. The van der Waals surface area contributed by atoms with Gasteiger partial charge in [0, 0.05) is 39.3 Å². The Morgan fingerprint density at radius 3 is 2.46 bits per heavy atom. The summed E-state index contributed by atoms with van der Waals surface area (Å²) in [7, 11) is 0. The first kappa shape index (κ1) is 18.6. The van der Waals surface area contributed by atoms with Crippen LogP contribution in [0.3, 0.4) is 0 Å². The van der Waals surface area contributed by atoms with Crippen molar-refractivity contribution in [3.05, 3.63) is 94.1 Å². The zero-order valence-electron chi connectivity index (χ0n) is 15.0. The lowest BCUT2D eigenvalue weighted by molar-refractivity contribution is 0.0954. The Balaban J connectivity index is 1.39. The molecule has 3 aromatic carbocycles. The number of nitrogens with one attached hydrogen (secondary N) is 2. The summed E-state index contributed by atoms with van der Waals surface area (Å²) >= 11 is 12.1. The van der Waals surface area contributed by atoms with Gasteiger partial charge in [0.2, 0.25) is 0 Å². The average Bonchev–Trinajstić information content (AvgIpc) is 3.10. The molecular formula is C23H18Cl2N2O. The summed E-state index contributed by atoms with van der Waals surface area (Å²) in [5.41, 5.74) is 4.86. The lowest BCUT2D eigenvalue weighted by Crippen LogP contribution is -2.25. The molecule has 0 aliphatic heterocycles. The number of H-pyrrole nitrogens is 1. The molecule has 0 spiro atoms. The van der Waals surface area contributed by atoms with E-state index in [0.29, 0.717) is 22.2 Å². The van der Waals surface area contributed by atoms with Crippen molar-refractivity contribution in [1.29, 1.82) is 0 Å². The van der Waals surface area contributed by atoms with E-state index in [1.54, 1.807) is 0 Å². The number of aromatic nitrogens is 1. The number of benzene rings is 3. The van der Waals surface area contributed by atoms with Crippen LogP contribution in [0.25, 0.3) is 22.0 Å². The van der Waals surface area contributed by atoms with Crippen LogP contribution in [0.5, 0.6) is 0 Å². The fraction of sp³-hybridized carbons (Fsp3) is 0.0870. The summed E-state index contributed by atoms with van der Waals surface area (Å²) in [5, 5.41) is 5.47. The summed E-state index contributed by atoms with van der Waals surface area (Å²) in [6, 6.07) is 20.9. The topological polar surface area (TPSA) is 44.9 Å². The number of carbonyl (C=O) groups is 1. The molecule has 0 saturated carbocycles. The first-order valence-corrected chi connectivity index (χ1v) is 9.75. The van der Waals surface area contributed by atoms with Crippen LogP contribution in [-0.4, -0.2) is 17.4 Å². The summed E-state index contributed by atoms with van der Waals surface area (Å²) in [5.74, 6) is -0.0875. The van der Waals surface area contributed by atoms with E-state index in [9.17, 15) is 4.79 Å². The van der Waals surface area contributed by atoms with Crippen molar-refractivity contribution in [2.24, 2.45) is 0 Å². The van der Waals surface area contributed by atoms with Crippen LogP contribution in [0.1, 0.15) is 15.9 Å². The van der Waals surface area contributed by atoms with Gasteiger partial charge in [-0.05, 0) is 65.6 Å². The first-order chi connectivity index (χ1) is 13.6. The maximum atomic E-state index is 12.4. The van der Waals surface area contributed by atoms with Crippen LogP contribution in [0.15, 0.2) is 72.9 Å². The molecule has 0 atom stereocenters. The smallest absolute Gasteiger partial charge is 0.251 e. The molecule has 3 nitrogen and oxygen atoms in total. The Morgan fingerprint density at radius 2 is 1.68 bits per heavy atom. The van der Waals surface area contributed by atoms with Gasteiger partial charge in [-0.1, -0.05) is 47.5 Å². The van der Waals surface area contributed by atoms with E-state index >= 15 is 0 Å². The highest BCUT2D eigenvalue weighted by Gasteiger charge is 2.08. The fourth-order valence-corrected chi connectivity index (χ4v) is 3.61. The number of hydrogen-bond donors (Lipinski definition) is 2. The lowest BCUT2D eigenvalue weighted by atomic mass is 10.0. The quantitative estimate of drug-likeness (QED) is 0.410. The van der Waals surface area contributed by atoms with E-state index in [1.165, 1.54) is 0 Å². The van der Waals surface area contributed by atoms with Gasteiger partial charge in [0.1, 0.15) is 0 Å². The van der Waals surface area contributed by atoms with E-state index < -0.39 is 0 Å².